The second-order valence-corrected chi connectivity index (χ2v) is 4.59. The first-order valence-electron chi connectivity index (χ1n) is 5.15. The Morgan fingerprint density at radius 3 is 2.47 bits per heavy atom. The van der Waals surface area contributed by atoms with Crippen LogP contribution in [0.4, 0.5) is 0 Å². The smallest absolute Gasteiger partial charge is 0.0672 e. The van der Waals surface area contributed by atoms with Gasteiger partial charge in [-0.2, -0.15) is 0 Å². The number of benzene rings is 1. The van der Waals surface area contributed by atoms with Crippen molar-refractivity contribution in [3.05, 3.63) is 34.9 Å². The summed E-state index contributed by atoms with van der Waals surface area (Å²) in [6, 6.07) is 7.61. The summed E-state index contributed by atoms with van der Waals surface area (Å²) in [7, 11) is 1.89. The normalized spacial score (nSPS) is 14.9. The van der Waals surface area contributed by atoms with E-state index in [1.54, 1.807) is 0 Å². The van der Waals surface area contributed by atoms with Gasteiger partial charge in [0.25, 0.3) is 0 Å². The van der Waals surface area contributed by atoms with Crippen molar-refractivity contribution in [2.24, 2.45) is 0 Å². The van der Waals surface area contributed by atoms with Gasteiger partial charge in [0.05, 0.1) is 5.60 Å². The average Bonchev–Trinajstić information content (AvgIpc) is 2.18. The molecule has 0 fully saturated rings. The van der Waals surface area contributed by atoms with E-state index in [9.17, 15) is 5.11 Å². The Morgan fingerprint density at radius 2 is 1.93 bits per heavy atom. The summed E-state index contributed by atoms with van der Waals surface area (Å²) in [6.45, 7) is 2.68. The largest absolute Gasteiger partial charge is 0.390 e. The third-order valence-corrected chi connectivity index (χ3v) is 2.66. The summed E-state index contributed by atoms with van der Waals surface area (Å²) in [6.07, 6.45) is 1.40. The zero-order valence-corrected chi connectivity index (χ0v) is 10.0. The van der Waals surface area contributed by atoms with E-state index in [1.807, 2.05) is 38.2 Å². The fourth-order valence-corrected chi connectivity index (χ4v) is 1.65. The van der Waals surface area contributed by atoms with Crippen molar-refractivity contribution < 1.29 is 5.11 Å². The van der Waals surface area contributed by atoms with Crippen molar-refractivity contribution in [2.75, 3.05) is 13.6 Å². The Hall–Kier alpha value is -0.570. The van der Waals surface area contributed by atoms with Crippen LogP contribution in [0.1, 0.15) is 18.9 Å². The molecule has 1 unspecified atom stereocenters. The first-order chi connectivity index (χ1) is 7.03. The van der Waals surface area contributed by atoms with Crippen LogP contribution in [0.25, 0.3) is 0 Å². The Bertz CT molecular complexity index is 295. The number of rotatable bonds is 5. The van der Waals surface area contributed by atoms with Crippen molar-refractivity contribution >= 4 is 11.6 Å². The molecule has 0 radical (unpaired) electrons. The highest BCUT2D eigenvalue weighted by Crippen LogP contribution is 2.18. The molecule has 0 spiro atoms. The zero-order chi connectivity index (χ0) is 11.3. The molecule has 3 heteroatoms. The van der Waals surface area contributed by atoms with E-state index >= 15 is 0 Å². The van der Waals surface area contributed by atoms with Crippen molar-refractivity contribution in [2.45, 2.75) is 25.4 Å². The predicted molar refractivity (Wildman–Crippen MR) is 64.3 cm³/mol. The van der Waals surface area contributed by atoms with Crippen LogP contribution in [0.3, 0.4) is 0 Å². The molecular formula is C12H18ClNO. The first-order valence-corrected chi connectivity index (χ1v) is 5.53. The Labute approximate surface area is 96.3 Å². The highest BCUT2D eigenvalue weighted by molar-refractivity contribution is 6.30. The lowest BCUT2D eigenvalue weighted by Crippen LogP contribution is -2.31. The van der Waals surface area contributed by atoms with E-state index in [4.69, 9.17) is 11.6 Å². The standard InChI is InChI=1S/C12H18ClNO/c1-12(15,7-8-14-2)9-10-3-5-11(13)6-4-10/h3-6,14-15H,7-9H2,1-2H3. The molecule has 0 aromatic heterocycles. The monoisotopic (exact) mass is 227 g/mol. The molecule has 0 aliphatic rings. The maximum atomic E-state index is 10.1. The van der Waals surface area contributed by atoms with Crippen LogP contribution in [0.2, 0.25) is 5.02 Å². The minimum Gasteiger partial charge on any atom is -0.390 e. The van der Waals surface area contributed by atoms with E-state index in [2.05, 4.69) is 5.32 Å². The van der Waals surface area contributed by atoms with Crippen molar-refractivity contribution in [1.29, 1.82) is 0 Å². The SMILES string of the molecule is CNCCC(C)(O)Cc1ccc(Cl)cc1. The van der Waals surface area contributed by atoms with Gasteiger partial charge in [-0.25, -0.2) is 0 Å². The van der Waals surface area contributed by atoms with Gasteiger partial charge in [-0.15, -0.1) is 0 Å². The van der Waals surface area contributed by atoms with Crippen molar-refractivity contribution in [3.63, 3.8) is 0 Å². The molecule has 15 heavy (non-hydrogen) atoms. The van der Waals surface area contributed by atoms with E-state index in [-0.39, 0.29) is 0 Å². The Morgan fingerprint density at radius 1 is 1.33 bits per heavy atom. The number of hydrogen-bond donors (Lipinski definition) is 2. The van der Waals surface area contributed by atoms with Gasteiger partial charge in [0.15, 0.2) is 0 Å². The highest BCUT2D eigenvalue weighted by atomic mass is 35.5. The summed E-state index contributed by atoms with van der Waals surface area (Å²) in [5.41, 5.74) is 0.456. The fourth-order valence-electron chi connectivity index (χ4n) is 1.52. The van der Waals surface area contributed by atoms with Crippen LogP contribution in [0, 0.1) is 0 Å². The summed E-state index contributed by atoms with van der Waals surface area (Å²) in [4.78, 5) is 0. The predicted octanol–water partition coefficient (Wildman–Crippen LogP) is 2.24. The van der Waals surface area contributed by atoms with E-state index in [0.29, 0.717) is 6.42 Å². The van der Waals surface area contributed by atoms with Crippen LogP contribution in [-0.4, -0.2) is 24.3 Å². The molecule has 0 saturated heterocycles. The second-order valence-electron chi connectivity index (χ2n) is 4.15. The van der Waals surface area contributed by atoms with E-state index < -0.39 is 5.60 Å². The van der Waals surface area contributed by atoms with Crippen LogP contribution in [0.5, 0.6) is 0 Å². The van der Waals surface area contributed by atoms with Gasteiger partial charge in [0.2, 0.25) is 0 Å². The third-order valence-electron chi connectivity index (χ3n) is 2.41. The average molecular weight is 228 g/mol. The van der Waals surface area contributed by atoms with Crippen LogP contribution < -0.4 is 5.32 Å². The van der Waals surface area contributed by atoms with Crippen molar-refractivity contribution in [1.82, 2.24) is 5.32 Å². The summed E-state index contributed by atoms with van der Waals surface area (Å²) in [5.74, 6) is 0. The summed E-state index contributed by atoms with van der Waals surface area (Å²) >= 11 is 5.79. The van der Waals surface area contributed by atoms with Crippen molar-refractivity contribution in [3.8, 4) is 0 Å². The quantitative estimate of drug-likeness (QED) is 0.809. The summed E-state index contributed by atoms with van der Waals surface area (Å²) in [5, 5.41) is 13.9. The maximum Gasteiger partial charge on any atom is 0.0672 e. The summed E-state index contributed by atoms with van der Waals surface area (Å²) < 4.78 is 0. The first kappa shape index (κ1) is 12.5. The number of hydrogen-bond acceptors (Lipinski definition) is 2. The number of aliphatic hydroxyl groups is 1. The molecule has 2 nitrogen and oxygen atoms in total. The molecule has 0 aliphatic carbocycles. The molecule has 0 saturated carbocycles. The minimum absolute atomic E-state index is 0.656. The van der Waals surface area contributed by atoms with Crippen LogP contribution in [0.15, 0.2) is 24.3 Å². The molecule has 0 amide bonds. The lowest BCUT2D eigenvalue weighted by molar-refractivity contribution is 0.0520. The van der Waals surface area contributed by atoms with Gasteiger partial charge in [-0.1, -0.05) is 23.7 Å². The Kier molecular flexibility index (Phi) is 4.58. The molecule has 0 heterocycles. The van der Waals surface area contributed by atoms with Gasteiger partial charge in [-0.05, 0) is 44.6 Å². The molecule has 0 aliphatic heterocycles. The van der Waals surface area contributed by atoms with Crippen LogP contribution in [-0.2, 0) is 6.42 Å². The van der Waals surface area contributed by atoms with Gasteiger partial charge < -0.3 is 10.4 Å². The Balaban J connectivity index is 2.56. The minimum atomic E-state index is -0.656. The lowest BCUT2D eigenvalue weighted by atomic mass is 9.93. The molecular weight excluding hydrogens is 210 g/mol. The lowest BCUT2D eigenvalue weighted by Gasteiger charge is -2.23. The fraction of sp³-hybridized carbons (Fsp3) is 0.500. The van der Waals surface area contributed by atoms with Gasteiger partial charge in [-0.3, -0.25) is 0 Å². The van der Waals surface area contributed by atoms with E-state index in [0.717, 1.165) is 23.6 Å². The molecule has 1 atom stereocenters. The highest BCUT2D eigenvalue weighted by Gasteiger charge is 2.19. The van der Waals surface area contributed by atoms with Gasteiger partial charge in [0.1, 0.15) is 0 Å². The van der Waals surface area contributed by atoms with Gasteiger partial charge in [0, 0.05) is 11.4 Å². The molecule has 84 valence electrons. The zero-order valence-electron chi connectivity index (χ0n) is 9.26. The van der Waals surface area contributed by atoms with Crippen LogP contribution >= 0.6 is 11.6 Å². The number of nitrogens with one attached hydrogen (secondary N) is 1. The van der Waals surface area contributed by atoms with E-state index in [1.165, 1.54) is 0 Å². The molecule has 2 N–H and O–H groups in total. The molecule has 1 aromatic carbocycles. The molecule has 1 aromatic rings. The maximum absolute atomic E-state index is 10.1. The third kappa shape index (κ3) is 4.65. The number of halogens is 1. The van der Waals surface area contributed by atoms with Gasteiger partial charge >= 0.3 is 0 Å². The second kappa shape index (κ2) is 5.50. The molecule has 0 bridgehead atoms. The topological polar surface area (TPSA) is 32.3 Å². The molecule has 1 rings (SSSR count).